The molecule has 0 fully saturated rings. The van der Waals surface area contributed by atoms with Gasteiger partial charge in [0, 0.05) is 24.7 Å². The Morgan fingerprint density at radius 1 is 0.944 bits per heavy atom. The molecule has 4 nitrogen and oxygen atoms in total. The molecule has 0 bridgehead atoms. The summed E-state index contributed by atoms with van der Waals surface area (Å²) in [7, 11) is 0. The van der Waals surface area contributed by atoms with Gasteiger partial charge >= 0.3 is 0 Å². The lowest BCUT2D eigenvalue weighted by Crippen LogP contribution is -2.20. The van der Waals surface area contributed by atoms with E-state index in [0.717, 1.165) is 24.3 Å². The Kier molecular flexibility index (Phi) is 15.5. The summed E-state index contributed by atoms with van der Waals surface area (Å²) in [4.78, 5) is 0. The fourth-order valence-corrected chi connectivity index (χ4v) is 2.02. The lowest BCUT2D eigenvalue weighted by Gasteiger charge is -2.25. The minimum Gasteiger partial charge on any atom is -0.396 e. The summed E-state index contributed by atoms with van der Waals surface area (Å²) < 4.78 is 0. The maximum Gasteiger partial charge on any atom is 0.0521 e. The minimum absolute atomic E-state index is 0.00852. The SMILES string of the molecule is CC(CCO)CC(C)(C)CO.OCCSCCO. The lowest BCUT2D eigenvalue weighted by molar-refractivity contribution is 0.125. The first-order valence-corrected chi connectivity index (χ1v) is 7.60. The summed E-state index contributed by atoms with van der Waals surface area (Å²) in [5.74, 6) is 1.98. The number of hydrogen-bond acceptors (Lipinski definition) is 5. The largest absolute Gasteiger partial charge is 0.396 e. The van der Waals surface area contributed by atoms with E-state index in [1.807, 2.05) is 13.8 Å². The molecule has 0 aromatic carbocycles. The van der Waals surface area contributed by atoms with Gasteiger partial charge in [-0.3, -0.25) is 0 Å². The third-order valence-electron chi connectivity index (χ3n) is 2.42. The van der Waals surface area contributed by atoms with Gasteiger partial charge in [-0.15, -0.1) is 0 Å². The summed E-state index contributed by atoms with van der Waals surface area (Å²) in [5, 5.41) is 34.0. The smallest absolute Gasteiger partial charge is 0.0521 e. The van der Waals surface area contributed by atoms with Crippen LogP contribution in [0.4, 0.5) is 0 Å². The molecule has 4 N–H and O–H groups in total. The Bertz CT molecular complexity index is 161. The van der Waals surface area contributed by atoms with Gasteiger partial charge in [0.15, 0.2) is 0 Å². The average Bonchev–Trinajstić information content (AvgIpc) is 2.30. The predicted octanol–water partition coefficient (Wildman–Crippen LogP) is 1.12. The minimum atomic E-state index is 0.00852. The number of aliphatic hydroxyl groups is 4. The van der Waals surface area contributed by atoms with Crippen molar-refractivity contribution in [3.05, 3.63) is 0 Å². The van der Waals surface area contributed by atoms with Crippen molar-refractivity contribution >= 4 is 11.8 Å². The molecule has 0 radical (unpaired) electrons. The molecule has 1 unspecified atom stereocenters. The topological polar surface area (TPSA) is 80.9 Å². The molecule has 0 spiro atoms. The average molecular weight is 282 g/mol. The van der Waals surface area contributed by atoms with Crippen LogP contribution in [-0.2, 0) is 0 Å². The highest BCUT2D eigenvalue weighted by molar-refractivity contribution is 7.99. The van der Waals surface area contributed by atoms with Crippen LogP contribution in [-0.4, -0.2) is 58.4 Å². The Balaban J connectivity index is 0. The molecule has 112 valence electrons. The molecular weight excluding hydrogens is 252 g/mol. The van der Waals surface area contributed by atoms with Crippen LogP contribution in [0.2, 0.25) is 0 Å². The molecule has 0 saturated carbocycles. The lowest BCUT2D eigenvalue weighted by atomic mass is 9.83. The zero-order chi connectivity index (χ0) is 14.4. The third kappa shape index (κ3) is 16.2. The Hall–Kier alpha value is 0.190. The van der Waals surface area contributed by atoms with Crippen molar-refractivity contribution in [2.75, 3.05) is 37.9 Å². The molecule has 0 aliphatic heterocycles. The molecule has 0 saturated heterocycles. The highest BCUT2D eigenvalue weighted by atomic mass is 32.2. The second kappa shape index (κ2) is 13.6. The van der Waals surface area contributed by atoms with Gasteiger partial charge < -0.3 is 20.4 Å². The molecule has 0 aliphatic carbocycles. The van der Waals surface area contributed by atoms with Crippen molar-refractivity contribution in [3.8, 4) is 0 Å². The van der Waals surface area contributed by atoms with Crippen LogP contribution in [0.3, 0.4) is 0 Å². The van der Waals surface area contributed by atoms with Gasteiger partial charge in [0.05, 0.1) is 13.2 Å². The van der Waals surface area contributed by atoms with E-state index in [9.17, 15) is 0 Å². The van der Waals surface area contributed by atoms with Gasteiger partial charge in [-0.1, -0.05) is 20.8 Å². The molecule has 0 aromatic rings. The first-order valence-electron chi connectivity index (χ1n) is 6.44. The van der Waals surface area contributed by atoms with Crippen LogP contribution < -0.4 is 0 Å². The van der Waals surface area contributed by atoms with Gasteiger partial charge in [-0.2, -0.15) is 11.8 Å². The van der Waals surface area contributed by atoms with Crippen LogP contribution in [0.15, 0.2) is 0 Å². The second-order valence-corrected chi connectivity index (χ2v) is 6.43. The molecule has 0 heterocycles. The molecule has 1 atom stereocenters. The zero-order valence-electron chi connectivity index (χ0n) is 11.9. The van der Waals surface area contributed by atoms with Crippen molar-refractivity contribution in [2.45, 2.75) is 33.6 Å². The number of aliphatic hydroxyl groups excluding tert-OH is 4. The normalized spacial score (nSPS) is 12.8. The quantitative estimate of drug-likeness (QED) is 0.477. The molecule has 18 heavy (non-hydrogen) atoms. The number of thioether (sulfide) groups is 1. The Morgan fingerprint density at radius 3 is 1.78 bits per heavy atom. The number of hydrogen-bond donors (Lipinski definition) is 4. The van der Waals surface area contributed by atoms with Crippen molar-refractivity contribution in [3.63, 3.8) is 0 Å². The van der Waals surface area contributed by atoms with E-state index >= 15 is 0 Å². The van der Waals surface area contributed by atoms with Crippen LogP contribution in [0.5, 0.6) is 0 Å². The van der Waals surface area contributed by atoms with Crippen LogP contribution in [0.1, 0.15) is 33.6 Å². The van der Waals surface area contributed by atoms with Crippen molar-refractivity contribution in [1.29, 1.82) is 0 Å². The van der Waals surface area contributed by atoms with E-state index in [-0.39, 0.29) is 31.8 Å². The van der Waals surface area contributed by atoms with Gasteiger partial charge in [0.25, 0.3) is 0 Å². The van der Waals surface area contributed by atoms with Crippen molar-refractivity contribution in [1.82, 2.24) is 0 Å². The molecule has 5 heteroatoms. The van der Waals surface area contributed by atoms with Crippen LogP contribution in [0, 0.1) is 11.3 Å². The first kappa shape index (κ1) is 20.5. The fourth-order valence-electron chi connectivity index (χ4n) is 1.56. The van der Waals surface area contributed by atoms with Gasteiger partial charge in [0.1, 0.15) is 0 Å². The molecule has 0 aliphatic rings. The fraction of sp³-hybridized carbons (Fsp3) is 1.00. The molecule has 0 amide bonds. The van der Waals surface area contributed by atoms with Gasteiger partial charge in [-0.25, -0.2) is 0 Å². The third-order valence-corrected chi connectivity index (χ3v) is 3.36. The molecule has 0 aromatic heterocycles. The highest BCUT2D eigenvalue weighted by Gasteiger charge is 2.19. The summed E-state index contributed by atoms with van der Waals surface area (Å²) in [6.07, 6.45) is 1.81. The maximum atomic E-state index is 8.95. The summed E-state index contributed by atoms with van der Waals surface area (Å²) in [5.41, 5.74) is 0.00852. The van der Waals surface area contributed by atoms with Crippen molar-refractivity contribution in [2.24, 2.45) is 11.3 Å². The Labute approximate surface area is 115 Å². The molecular formula is C13H30O4S. The monoisotopic (exact) mass is 282 g/mol. The highest BCUT2D eigenvalue weighted by Crippen LogP contribution is 2.25. The standard InChI is InChI=1S/C9H20O2.C4H10O2S/c1-8(4-5-10)6-9(2,3)7-11;5-1-3-7-4-2-6/h8,10-11H,4-7H2,1-3H3;5-6H,1-4H2. The number of rotatable bonds is 9. The predicted molar refractivity (Wildman–Crippen MR) is 77.8 cm³/mol. The summed E-state index contributed by atoms with van der Waals surface area (Å²) in [6, 6.07) is 0. The first-order chi connectivity index (χ1) is 8.43. The van der Waals surface area contributed by atoms with E-state index in [4.69, 9.17) is 20.4 Å². The summed E-state index contributed by atoms with van der Waals surface area (Å²) in [6.45, 7) is 7.09. The van der Waals surface area contributed by atoms with Gasteiger partial charge in [0.2, 0.25) is 0 Å². The Morgan fingerprint density at radius 2 is 1.44 bits per heavy atom. The molecule has 0 rings (SSSR count). The zero-order valence-corrected chi connectivity index (χ0v) is 12.7. The van der Waals surface area contributed by atoms with E-state index in [1.165, 1.54) is 0 Å². The second-order valence-electron chi connectivity index (χ2n) is 5.20. The van der Waals surface area contributed by atoms with Crippen LogP contribution in [0.25, 0.3) is 0 Å². The van der Waals surface area contributed by atoms with E-state index in [2.05, 4.69) is 6.92 Å². The van der Waals surface area contributed by atoms with Crippen LogP contribution >= 0.6 is 11.8 Å². The van der Waals surface area contributed by atoms with Gasteiger partial charge in [-0.05, 0) is 24.2 Å². The summed E-state index contributed by atoms with van der Waals surface area (Å²) >= 11 is 1.55. The van der Waals surface area contributed by atoms with E-state index in [0.29, 0.717) is 5.92 Å². The van der Waals surface area contributed by atoms with E-state index < -0.39 is 0 Å². The maximum absolute atomic E-state index is 8.95. The van der Waals surface area contributed by atoms with Crippen molar-refractivity contribution < 1.29 is 20.4 Å². The van der Waals surface area contributed by atoms with E-state index in [1.54, 1.807) is 11.8 Å².